The zero-order valence-corrected chi connectivity index (χ0v) is 13.5. The first kappa shape index (κ1) is 14.3. The summed E-state index contributed by atoms with van der Waals surface area (Å²) >= 11 is 0. The Morgan fingerprint density at radius 1 is 1.17 bits per heavy atom. The maximum absolute atomic E-state index is 6.00. The molecule has 0 fully saturated rings. The van der Waals surface area contributed by atoms with Crippen LogP contribution in [0.3, 0.4) is 0 Å². The van der Waals surface area contributed by atoms with Gasteiger partial charge >= 0.3 is 0 Å². The average molecular weight is 319 g/mol. The number of hydrogen-bond donors (Lipinski definition) is 1. The normalized spacial score (nSPS) is 10.9. The molecule has 3 heterocycles. The van der Waals surface area contributed by atoms with E-state index in [1.165, 1.54) is 0 Å². The molecule has 3 aromatic heterocycles. The molecule has 0 atom stereocenters. The van der Waals surface area contributed by atoms with E-state index < -0.39 is 0 Å². The SMILES string of the molecule is CNc1ccnc(Oc2cccc3c2ccn3-c2cnn(C)c2)c1. The van der Waals surface area contributed by atoms with Crippen LogP contribution in [-0.2, 0) is 7.05 Å². The first-order valence-corrected chi connectivity index (χ1v) is 7.65. The third-order valence-corrected chi connectivity index (χ3v) is 3.90. The highest BCUT2D eigenvalue weighted by Crippen LogP contribution is 2.31. The van der Waals surface area contributed by atoms with Crippen LogP contribution in [0.2, 0.25) is 0 Å². The van der Waals surface area contributed by atoms with E-state index >= 15 is 0 Å². The molecule has 1 aromatic carbocycles. The smallest absolute Gasteiger partial charge is 0.221 e. The summed E-state index contributed by atoms with van der Waals surface area (Å²) in [7, 11) is 3.78. The van der Waals surface area contributed by atoms with Crippen molar-refractivity contribution in [3.63, 3.8) is 0 Å². The summed E-state index contributed by atoms with van der Waals surface area (Å²) in [4.78, 5) is 4.28. The number of benzene rings is 1. The molecule has 0 aliphatic heterocycles. The van der Waals surface area contributed by atoms with Gasteiger partial charge in [-0.2, -0.15) is 5.10 Å². The van der Waals surface area contributed by atoms with Crippen LogP contribution in [0.4, 0.5) is 5.69 Å². The lowest BCUT2D eigenvalue weighted by molar-refractivity contribution is 0.468. The van der Waals surface area contributed by atoms with E-state index in [2.05, 4.69) is 26.0 Å². The number of aromatic nitrogens is 4. The number of nitrogens with zero attached hydrogens (tertiary/aromatic N) is 4. The molecule has 0 unspecified atom stereocenters. The van der Waals surface area contributed by atoms with Crippen LogP contribution >= 0.6 is 0 Å². The zero-order valence-electron chi connectivity index (χ0n) is 13.5. The Labute approximate surface area is 139 Å². The van der Waals surface area contributed by atoms with Crippen LogP contribution in [0, 0.1) is 0 Å². The van der Waals surface area contributed by atoms with Crippen LogP contribution in [0.15, 0.2) is 61.2 Å². The third kappa shape index (κ3) is 2.48. The molecule has 0 aliphatic rings. The number of pyridine rings is 1. The van der Waals surface area contributed by atoms with E-state index in [9.17, 15) is 0 Å². The van der Waals surface area contributed by atoms with Gasteiger partial charge in [-0.1, -0.05) is 6.07 Å². The van der Waals surface area contributed by atoms with Crippen LogP contribution in [-0.4, -0.2) is 26.4 Å². The molecule has 4 rings (SSSR count). The first-order chi connectivity index (χ1) is 11.7. The van der Waals surface area contributed by atoms with Crippen molar-refractivity contribution in [1.29, 1.82) is 0 Å². The Morgan fingerprint density at radius 2 is 2.08 bits per heavy atom. The van der Waals surface area contributed by atoms with E-state index in [0.717, 1.165) is 28.0 Å². The molecule has 120 valence electrons. The summed E-state index contributed by atoms with van der Waals surface area (Å²) < 4.78 is 9.88. The van der Waals surface area contributed by atoms with Crippen molar-refractivity contribution in [3.8, 4) is 17.3 Å². The van der Waals surface area contributed by atoms with Gasteiger partial charge in [0, 0.05) is 49.8 Å². The van der Waals surface area contributed by atoms with E-state index in [4.69, 9.17) is 4.74 Å². The second-order valence-corrected chi connectivity index (χ2v) is 5.48. The number of fused-ring (bicyclic) bond motifs is 1. The fourth-order valence-corrected chi connectivity index (χ4v) is 2.72. The second-order valence-electron chi connectivity index (χ2n) is 5.48. The number of anilines is 1. The van der Waals surface area contributed by atoms with E-state index in [1.807, 2.05) is 63.0 Å². The van der Waals surface area contributed by atoms with E-state index in [0.29, 0.717) is 5.88 Å². The number of rotatable bonds is 4. The van der Waals surface area contributed by atoms with Crippen molar-refractivity contribution in [2.75, 3.05) is 12.4 Å². The third-order valence-electron chi connectivity index (χ3n) is 3.90. The number of aryl methyl sites for hydroxylation is 1. The summed E-state index contributed by atoms with van der Waals surface area (Å²) in [6, 6.07) is 11.8. The molecule has 0 saturated carbocycles. The van der Waals surface area contributed by atoms with Gasteiger partial charge < -0.3 is 14.6 Å². The predicted octanol–water partition coefficient (Wildman–Crippen LogP) is 3.59. The summed E-state index contributed by atoms with van der Waals surface area (Å²) in [6.45, 7) is 0. The fourth-order valence-electron chi connectivity index (χ4n) is 2.72. The standard InChI is InChI=1S/C18H17N5O/c1-19-13-6-8-20-18(10-13)24-17-5-3-4-16-15(17)7-9-23(16)14-11-21-22(2)12-14/h3-12H,1-2H3,(H,19,20). The van der Waals surface area contributed by atoms with Crippen LogP contribution < -0.4 is 10.1 Å². The van der Waals surface area contributed by atoms with Crippen molar-refractivity contribution in [1.82, 2.24) is 19.3 Å². The van der Waals surface area contributed by atoms with Gasteiger partial charge in [0.05, 0.1) is 17.4 Å². The second kappa shape index (κ2) is 5.73. The highest BCUT2D eigenvalue weighted by Gasteiger charge is 2.10. The van der Waals surface area contributed by atoms with Gasteiger partial charge in [0.15, 0.2) is 0 Å². The lowest BCUT2D eigenvalue weighted by Crippen LogP contribution is -1.93. The Balaban J connectivity index is 1.75. The largest absolute Gasteiger partial charge is 0.438 e. The number of nitrogens with one attached hydrogen (secondary N) is 1. The maximum atomic E-state index is 6.00. The van der Waals surface area contributed by atoms with Gasteiger partial charge in [-0.3, -0.25) is 4.68 Å². The predicted molar refractivity (Wildman–Crippen MR) is 93.9 cm³/mol. The Bertz CT molecular complexity index is 1000. The van der Waals surface area contributed by atoms with Crippen LogP contribution in [0.25, 0.3) is 16.6 Å². The lowest BCUT2D eigenvalue weighted by Gasteiger charge is -2.08. The minimum absolute atomic E-state index is 0.559. The Hall–Kier alpha value is -3.28. The minimum Gasteiger partial charge on any atom is -0.438 e. The molecule has 1 N–H and O–H groups in total. The maximum Gasteiger partial charge on any atom is 0.221 e. The van der Waals surface area contributed by atoms with Crippen molar-refractivity contribution in [2.45, 2.75) is 0 Å². The molecule has 24 heavy (non-hydrogen) atoms. The molecule has 0 aliphatic carbocycles. The molecule has 0 radical (unpaired) electrons. The zero-order chi connectivity index (χ0) is 16.5. The summed E-state index contributed by atoms with van der Waals surface area (Å²) in [5.41, 5.74) is 3.03. The summed E-state index contributed by atoms with van der Waals surface area (Å²) in [5, 5.41) is 8.35. The fraction of sp³-hybridized carbons (Fsp3) is 0.111. The molecule has 0 spiro atoms. The first-order valence-electron chi connectivity index (χ1n) is 7.65. The molecule has 0 saturated heterocycles. The number of ether oxygens (including phenoxy) is 1. The molecule has 0 amide bonds. The molecule has 4 aromatic rings. The average Bonchev–Trinajstić information content (AvgIpc) is 3.21. The van der Waals surface area contributed by atoms with Gasteiger partial charge in [0.25, 0.3) is 0 Å². The van der Waals surface area contributed by atoms with Crippen LogP contribution in [0.1, 0.15) is 0 Å². The van der Waals surface area contributed by atoms with E-state index in [1.54, 1.807) is 10.9 Å². The Morgan fingerprint density at radius 3 is 2.88 bits per heavy atom. The highest BCUT2D eigenvalue weighted by atomic mass is 16.5. The van der Waals surface area contributed by atoms with Gasteiger partial charge in [-0.15, -0.1) is 0 Å². The quantitative estimate of drug-likeness (QED) is 0.624. The lowest BCUT2D eigenvalue weighted by atomic mass is 10.2. The molecular formula is C18H17N5O. The van der Waals surface area contributed by atoms with Gasteiger partial charge in [-0.05, 0) is 24.3 Å². The topological polar surface area (TPSA) is 56.9 Å². The van der Waals surface area contributed by atoms with Gasteiger partial charge in [-0.25, -0.2) is 4.98 Å². The summed E-state index contributed by atoms with van der Waals surface area (Å²) in [6.07, 6.45) is 7.56. The molecular weight excluding hydrogens is 302 g/mol. The van der Waals surface area contributed by atoms with Gasteiger partial charge in [0.2, 0.25) is 5.88 Å². The Kier molecular flexibility index (Phi) is 3.42. The number of hydrogen-bond acceptors (Lipinski definition) is 4. The molecule has 6 nitrogen and oxygen atoms in total. The van der Waals surface area contributed by atoms with Crippen molar-refractivity contribution < 1.29 is 4.74 Å². The van der Waals surface area contributed by atoms with Crippen molar-refractivity contribution in [2.24, 2.45) is 7.05 Å². The molecule has 0 bridgehead atoms. The molecule has 6 heteroatoms. The van der Waals surface area contributed by atoms with E-state index in [-0.39, 0.29) is 0 Å². The van der Waals surface area contributed by atoms with Gasteiger partial charge in [0.1, 0.15) is 5.75 Å². The monoisotopic (exact) mass is 319 g/mol. The minimum atomic E-state index is 0.559. The highest BCUT2D eigenvalue weighted by molar-refractivity contribution is 5.88. The van der Waals surface area contributed by atoms with Crippen molar-refractivity contribution in [3.05, 3.63) is 61.2 Å². The summed E-state index contributed by atoms with van der Waals surface area (Å²) in [5.74, 6) is 1.33. The van der Waals surface area contributed by atoms with Crippen molar-refractivity contribution >= 4 is 16.6 Å². The van der Waals surface area contributed by atoms with Crippen LogP contribution in [0.5, 0.6) is 11.6 Å².